The van der Waals surface area contributed by atoms with Gasteiger partial charge in [0.1, 0.15) is 0 Å². The number of rotatable bonds is 3. The average molecular weight is 259 g/mol. The van der Waals surface area contributed by atoms with Crippen molar-refractivity contribution in [3.63, 3.8) is 0 Å². The zero-order valence-corrected chi connectivity index (χ0v) is 10.1. The highest BCUT2D eigenvalue weighted by atomic mass is 32.2. The van der Waals surface area contributed by atoms with E-state index < -0.39 is 9.84 Å². The standard InChI is InChI=1S/C12H9N3O2S/c13-15-14-11-8-4-5-9-12(11)18(16,17)10-6-2-1-3-7-10/h1-9H. The van der Waals surface area contributed by atoms with Crippen LogP contribution < -0.4 is 0 Å². The Hall–Kier alpha value is -2.30. The Balaban J connectivity index is 2.66. The first kappa shape index (κ1) is 12.2. The molecule has 0 radical (unpaired) electrons. The Morgan fingerprint density at radius 3 is 2.22 bits per heavy atom. The van der Waals surface area contributed by atoms with E-state index in [4.69, 9.17) is 5.53 Å². The summed E-state index contributed by atoms with van der Waals surface area (Å²) >= 11 is 0. The molecule has 0 aromatic heterocycles. The van der Waals surface area contributed by atoms with Crippen LogP contribution in [-0.4, -0.2) is 8.42 Å². The first-order valence-electron chi connectivity index (χ1n) is 5.10. The van der Waals surface area contributed by atoms with E-state index >= 15 is 0 Å². The lowest BCUT2D eigenvalue weighted by Crippen LogP contribution is -2.01. The van der Waals surface area contributed by atoms with Crippen LogP contribution in [0.2, 0.25) is 0 Å². The lowest BCUT2D eigenvalue weighted by atomic mass is 10.3. The van der Waals surface area contributed by atoms with E-state index in [1.54, 1.807) is 30.3 Å². The highest BCUT2D eigenvalue weighted by Gasteiger charge is 2.19. The lowest BCUT2D eigenvalue weighted by Gasteiger charge is -2.06. The van der Waals surface area contributed by atoms with Crippen LogP contribution in [0.1, 0.15) is 0 Å². The normalized spacial score (nSPS) is 10.7. The number of nitrogens with zero attached hydrogens (tertiary/aromatic N) is 3. The molecule has 0 atom stereocenters. The highest BCUT2D eigenvalue weighted by Crippen LogP contribution is 2.29. The molecule has 0 bridgehead atoms. The van der Waals surface area contributed by atoms with Crippen molar-refractivity contribution in [1.82, 2.24) is 0 Å². The first-order chi connectivity index (χ1) is 8.66. The number of benzene rings is 2. The molecule has 0 saturated carbocycles. The first-order valence-corrected chi connectivity index (χ1v) is 6.59. The van der Waals surface area contributed by atoms with E-state index in [1.165, 1.54) is 24.3 Å². The van der Waals surface area contributed by atoms with E-state index in [1.807, 2.05) is 0 Å². The summed E-state index contributed by atoms with van der Waals surface area (Å²) in [6.07, 6.45) is 0. The summed E-state index contributed by atoms with van der Waals surface area (Å²) in [5.41, 5.74) is 8.54. The summed E-state index contributed by atoms with van der Waals surface area (Å²) < 4.78 is 24.7. The van der Waals surface area contributed by atoms with Crippen molar-refractivity contribution in [2.45, 2.75) is 9.79 Å². The van der Waals surface area contributed by atoms with Crippen LogP contribution in [0.25, 0.3) is 10.4 Å². The molecule has 2 aromatic rings. The molecule has 0 amide bonds. The molecule has 2 aromatic carbocycles. The second-order valence-corrected chi connectivity index (χ2v) is 5.39. The molecule has 0 heterocycles. The maximum atomic E-state index is 12.3. The van der Waals surface area contributed by atoms with Gasteiger partial charge in [-0.15, -0.1) is 0 Å². The molecule has 0 spiro atoms. The Morgan fingerprint density at radius 1 is 0.944 bits per heavy atom. The Morgan fingerprint density at radius 2 is 1.56 bits per heavy atom. The van der Waals surface area contributed by atoms with Gasteiger partial charge in [0.15, 0.2) is 0 Å². The summed E-state index contributed by atoms with van der Waals surface area (Å²) in [5, 5.41) is 3.40. The Labute approximate surface area is 104 Å². The minimum Gasteiger partial charge on any atom is -0.219 e. The van der Waals surface area contributed by atoms with Crippen molar-refractivity contribution in [3.8, 4) is 0 Å². The van der Waals surface area contributed by atoms with Crippen LogP contribution in [0, 0.1) is 0 Å². The molecule has 2 rings (SSSR count). The summed E-state index contributed by atoms with van der Waals surface area (Å²) in [6, 6.07) is 14.1. The van der Waals surface area contributed by atoms with Crippen LogP contribution in [0.5, 0.6) is 0 Å². The smallest absolute Gasteiger partial charge is 0.207 e. The fourth-order valence-corrected chi connectivity index (χ4v) is 2.95. The maximum absolute atomic E-state index is 12.3. The number of azide groups is 1. The number of hydrogen-bond donors (Lipinski definition) is 0. The molecule has 0 fully saturated rings. The molecule has 5 nitrogen and oxygen atoms in total. The third-order valence-corrected chi connectivity index (χ3v) is 4.18. The van der Waals surface area contributed by atoms with Gasteiger partial charge in [-0.25, -0.2) is 8.42 Å². The van der Waals surface area contributed by atoms with Crippen molar-refractivity contribution in [3.05, 3.63) is 65.0 Å². The third-order valence-electron chi connectivity index (χ3n) is 2.36. The third kappa shape index (κ3) is 2.20. The van der Waals surface area contributed by atoms with Crippen LogP contribution in [0.4, 0.5) is 5.69 Å². The minimum atomic E-state index is -3.66. The van der Waals surface area contributed by atoms with E-state index in [2.05, 4.69) is 10.0 Å². The van der Waals surface area contributed by atoms with E-state index in [9.17, 15) is 8.42 Å². The van der Waals surface area contributed by atoms with Crippen LogP contribution in [0.15, 0.2) is 69.5 Å². The SMILES string of the molecule is [N-]=[N+]=Nc1ccccc1S(=O)(=O)c1ccccc1. The van der Waals surface area contributed by atoms with E-state index in [0.29, 0.717) is 0 Å². The van der Waals surface area contributed by atoms with Crippen LogP contribution >= 0.6 is 0 Å². The monoisotopic (exact) mass is 259 g/mol. The second kappa shape index (κ2) is 4.91. The van der Waals surface area contributed by atoms with Gasteiger partial charge in [-0.2, -0.15) is 0 Å². The fourth-order valence-electron chi connectivity index (χ4n) is 1.54. The second-order valence-electron chi connectivity index (χ2n) is 3.47. The van der Waals surface area contributed by atoms with Crippen molar-refractivity contribution < 1.29 is 8.42 Å². The molecule has 0 N–H and O–H groups in total. The van der Waals surface area contributed by atoms with Gasteiger partial charge in [0, 0.05) is 4.91 Å². The van der Waals surface area contributed by atoms with Gasteiger partial charge in [-0.05, 0) is 23.7 Å². The largest absolute Gasteiger partial charge is 0.219 e. The molecule has 0 saturated heterocycles. The maximum Gasteiger partial charge on any atom is 0.207 e. The highest BCUT2D eigenvalue weighted by molar-refractivity contribution is 7.91. The van der Waals surface area contributed by atoms with Crippen molar-refractivity contribution in [1.29, 1.82) is 0 Å². The fraction of sp³-hybridized carbons (Fsp3) is 0. The van der Waals surface area contributed by atoms with Crippen molar-refractivity contribution in [2.75, 3.05) is 0 Å². The van der Waals surface area contributed by atoms with E-state index in [-0.39, 0.29) is 15.5 Å². The van der Waals surface area contributed by atoms with Crippen LogP contribution in [-0.2, 0) is 9.84 Å². The number of hydrogen-bond acceptors (Lipinski definition) is 3. The predicted molar refractivity (Wildman–Crippen MR) is 67.1 cm³/mol. The summed E-state index contributed by atoms with van der Waals surface area (Å²) in [6.45, 7) is 0. The molecule has 18 heavy (non-hydrogen) atoms. The lowest BCUT2D eigenvalue weighted by molar-refractivity contribution is 0.596. The predicted octanol–water partition coefficient (Wildman–Crippen LogP) is 3.46. The van der Waals surface area contributed by atoms with Gasteiger partial charge in [0.05, 0.1) is 15.5 Å². The van der Waals surface area contributed by atoms with Gasteiger partial charge in [0.25, 0.3) is 0 Å². The van der Waals surface area contributed by atoms with Gasteiger partial charge in [-0.3, -0.25) is 0 Å². The van der Waals surface area contributed by atoms with Gasteiger partial charge >= 0.3 is 0 Å². The average Bonchev–Trinajstić information content (AvgIpc) is 2.41. The Kier molecular flexibility index (Phi) is 3.32. The molecule has 90 valence electrons. The zero-order chi connectivity index (χ0) is 13.0. The minimum absolute atomic E-state index is 0.00833. The molecular formula is C12H9N3O2S. The van der Waals surface area contributed by atoms with Gasteiger partial charge in [-0.1, -0.05) is 41.5 Å². The molecule has 0 aliphatic heterocycles. The number of sulfone groups is 1. The molecule has 6 heteroatoms. The topological polar surface area (TPSA) is 82.9 Å². The summed E-state index contributed by atoms with van der Waals surface area (Å²) in [4.78, 5) is 2.81. The summed E-state index contributed by atoms with van der Waals surface area (Å²) in [7, 11) is -3.66. The quantitative estimate of drug-likeness (QED) is 0.480. The van der Waals surface area contributed by atoms with Crippen molar-refractivity contribution in [2.24, 2.45) is 5.11 Å². The zero-order valence-electron chi connectivity index (χ0n) is 9.26. The van der Waals surface area contributed by atoms with Crippen LogP contribution in [0.3, 0.4) is 0 Å². The van der Waals surface area contributed by atoms with Gasteiger partial charge < -0.3 is 0 Å². The summed E-state index contributed by atoms with van der Waals surface area (Å²) in [5.74, 6) is 0. The Bertz CT molecular complexity index is 705. The molecular weight excluding hydrogens is 250 g/mol. The van der Waals surface area contributed by atoms with Gasteiger partial charge in [0.2, 0.25) is 9.84 Å². The molecule has 0 aliphatic rings. The van der Waals surface area contributed by atoms with Crippen molar-refractivity contribution >= 4 is 15.5 Å². The molecule has 0 aliphatic carbocycles. The van der Waals surface area contributed by atoms with E-state index in [0.717, 1.165) is 0 Å². The molecule has 0 unspecified atom stereocenters.